The average Bonchev–Trinajstić information content (AvgIpc) is 2.91. The van der Waals surface area contributed by atoms with E-state index >= 15 is 0 Å². The molecule has 0 aliphatic carbocycles. The highest BCUT2D eigenvalue weighted by molar-refractivity contribution is 5.79. The molecule has 1 saturated heterocycles. The van der Waals surface area contributed by atoms with Gasteiger partial charge in [0.2, 0.25) is 5.96 Å². The molecule has 0 aromatic heterocycles. The van der Waals surface area contributed by atoms with Crippen molar-refractivity contribution in [3.05, 3.63) is 23.8 Å². The SMILES string of the molecule is CCOc1c(CN=C2NNNN2)cccc1OC. The van der Waals surface area contributed by atoms with E-state index in [-0.39, 0.29) is 0 Å². The summed E-state index contributed by atoms with van der Waals surface area (Å²) in [6, 6.07) is 5.76. The van der Waals surface area contributed by atoms with Crippen LogP contribution in [-0.2, 0) is 6.54 Å². The lowest BCUT2D eigenvalue weighted by Crippen LogP contribution is -2.33. The minimum Gasteiger partial charge on any atom is -0.493 e. The number of para-hydroxylation sites is 1. The van der Waals surface area contributed by atoms with Crippen molar-refractivity contribution in [1.82, 2.24) is 21.9 Å². The number of methoxy groups -OCH3 is 1. The molecule has 7 nitrogen and oxygen atoms in total. The van der Waals surface area contributed by atoms with E-state index in [0.717, 1.165) is 17.1 Å². The van der Waals surface area contributed by atoms with Crippen LogP contribution in [0.15, 0.2) is 23.2 Å². The largest absolute Gasteiger partial charge is 0.493 e. The molecule has 1 heterocycles. The van der Waals surface area contributed by atoms with Crippen LogP contribution >= 0.6 is 0 Å². The van der Waals surface area contributed by atoms with Gasteiger partial charge in [0.05, 0.1) is 20.3 Å². The summed E-state index contributed by atoms with van der Waals surface area (Å²) in [5.74, 6) is 2.09. The second kappa shape index (κ2) is 6.08. The van der Waals surface area contributed by atoms with E-state index in [2.05, 4.69) is 26.9 Å². The highest BCUT2D eigenvalue weighted by Crippen LogP contribution is 2.31. The molecule has 0 unspecified atom stereocenters. The maximum atomic E-state index is 5.61. The van der Waals surface area contributed by atoms with Crippen LogP contribution in [0, 0.1) is 0 Å². The first-order valence-corrected chi connectivity index (χ1v) is 5.70. The summed E-state index contributed by atoms with van der Waals surface area (Å²) < 4.78 is 10.9. The van der Waals surface area contributed by atoms with Crippen molar-refractivity contribution in [3.63, 3.8) is 0 Å². The zero-order valence-electron chi connectivity index (χ0n) is 10.4. The van der Waals surface area contributed by atoms with E-state index in [1.165, 1.54) is 0 Å². The first-order chi connectivity index (χ1) is 8.85. The monoisotopic (exact) mass is 251 g/mol. The number of aliphatic imine (C=N–C) groups is 1. The second-order valence-corrected chi connectivity index (χ2v) is 3.55. The number of benzene rings is 1. The maximum absolute atomic E-state index is 5.61. The van der Waals surface area contributed by atoms with Crippen LogP contribution in [0.3, 0.4) is 0 Å². The van der Waals surface area contributed by atoms with Crippen molar-refractivity contribution in [2.75, 3.05) is 13.7 Å². The van der Waals surface area contributed by atoms with Crippen LogP contribution in [0.25, 0.3) is 0 Å². The predicted molar refractivity (Wildman–Crippen MR) is 67.8 cm³/mol. The molecule has 1 aromatic carbocycles. The molecular weight excluding hydrogens is 234 g/mol. The Balaban J connectivity index is 2.17. The lowest BCUT2D eigenvalue weighted by Gasteiger charge is -2.12. The first kappa shape index (κ1) is 12.5. The Kier molecular flexibility index (Phi) is 4.21. The van der Waals surface area contributed by atoms with Gasteiger partial charge in [0.15, 0.2) is 11.5 Å². The molecule has 1 aliphatic rings. The molecule has 1 aliphatic heterocycles. The van der Waals surface area contributed by atoms with Crippen LogP contribution < -0.4 is 31.4 Å². The first-order valence-electron chi connectivity index (χ1n) is 5.70. The van der Waals surface area contributed by atoms with Gasteiger partial charge >= 0.3 is 0 Å². The number of hydrogen-bond acceptors (Lipinski definition) is 5. The Morgan fingerprint density at radius 2 is 2.00 bits per heavy atom. The number of rotatable bonds is 5. The van der Waals surface area contributed by atoms with Crippen LogP contribution in [0.5, 0.6) is 11.5 Å². The van der Waals surface area contributed by atoms with Crippen LogP contribution in [0.1, 0.15) is 12.5 Å². The van der Waals surface area contributed by atoms with Gasteiger partial charge < -0.3 is 9.47 Å². The molecule has 0 amide bonds. The Morgan fingerprint density at radius 3 is 2.67 bits per heavy atom. The fourth-order valence-electron chi connectivity index (χ4n) is 1.61. The van der Waals surface area contributed by atoms with Crippen molar-refractivity contribution in [2.45, 2.75) is 13.5 Å². The molecule has 4 N–H and O–H groups in total. The minimum atomic E-state index is 0.491. The second-order valence-electron chi connectivity index (χ2n) is 3.55. The van der Waals surface area contributed by atoms with Crippen LogP contribution in [0.2, 0.25) is 0 Å². The number of nitrogens with zero attached hydrogens (tertiary/aromatic N) is 1. The van der Waals surface area contributed by atoms with Crippen molar-refractivity contribution >= 4 is 5.96 Å². The summed E-state index contributed by atoms with van der Waals surface area (Å²) >= 11 is 0. The molecule has 0 spiro atoms. The Morgan fingerprint density at radius 1 is 1.22 bits per heavy atom. The molecule has 18 heavy (non-hydrogen) atoms. The number of hydrogen-bond donors (Lipinski definition) is 4. The summed E-state index contributed by atoms with van der Waals surface area (Å²) in [6.45, 7) is 3.02. The smallest absolute Gasteiger partial charge is 0.223 e. The third kappa shape index (κ3) is 2.82. The molecule has 98 valence electrons. The van der Waals surface area contributed by atoms with Gasteiger partial charge in [-0.25, -0.2) is 4.99 Å². The molecule has 1 aromatic rings. The number of ether oxygens (including phenoxy) is 2. The quantitative estimate of drug-likeness (QED) is 0.593. The highest BCUT2D eigenvalue weighted by Gasteiger charge is 2.10. The Labute approximate surface area is 105 Å². The summed E-state index contributed by atoms with van der Waals surface area (Å²) in [5, 5.41) is 0. The molecule has 0 bridgehead atoms. The third-order valence-electron chi connectivity index (χ3n) is 2.40. The van der Waals surface area contributed by atoms with Crippen LogP contribution in [0.4, 0.5) is 0 Å². The molecule has 2 rings (SSSR count). The molecule has 0 radical (unpaired) electrons. The van der Waals surface area contributed by atoms with Crippen molar-refractivity contribution in [3.8, 4) is 11.5 Å². The predicted octanol–water partition coefficient (Wildman–Crippen LogP) is 0.0669. The molecular formula is C11H17N5O2. The van der Waals surface area contributed by atoms with Gasteiger partial charge in [-0.05, 0) is 13.0 Å². The standard InChI is InChI=1S/C11H17N5O2/c1-3-18-10-8(5-4-6-9(10)17-2)7-12-11-13-15-16-14-11/h4-6,15-16H,3,7H2,1-2H3,(H2,12,13,14). The van der Waals surface area contributed by atoms with E-state index in [9.17, 15) is 0 Å². The fourth-order valence-corrected chi connectivity index (χ4v) is 1.61. The number of hydrazine groups is 3. The van der Waals surface area contributed by atoms with Gasteiger partial charge in [-0.1, -0.05) is 12.1 Å². The van der Waals surface area contributed by atoms with Crippen molar-refractivity contribution in [2.24, 2.45) is 4.99 Å². The van der Waals surface area contributed by atoms with E-state index in [0.29, 0.717) is 19.1 Å². The van der Waals surface area contributed by atoms with E-state index < -0.39 is 0 Å². The summed E-state index contributed by atoms with van der Waals surface area (Å²) in [7, 11) is 1.63. The normalized spacial score (nSPS) is 13.8. The average molecular weight is 251 g/mol. The lowest BCUT2D eigenvalue weighted by molar-refractivity contribution is 0.307. The number of guanidine groups is 1. The Hall–Kier alpha value is -1.99. The summed E-state index contributed by atoms with van der Waals surface area (Å²) in [6.07, 6.45) is 0. The van der Waals surface area contributed by atoms with Crippen molar-refractivity contribution < 1.29 is 9.47 Å². The van der Waals surface area contributed by atoms with Gasteiger partial charge in [-0.2, -0.15) is 11.1 Å². The van der Waals surface area contributed by atoms with E-state index in [4.69, 9.17) is 9.47 Å². The Bertz CT molecular complexity index is 427. The molecule has 7 heteroatoms. The highest BCUT2D eigenvalue weighted by atomic mass is 16.5. The fraction of sp³-hybridized carbons (Fsp3) is 0.364. The molecule has 0 atom stereocenters. The molecule has 0 saturated carbocycles. The van der Waals surface area contributed by atoms with Gasteiger partial charge in [0.25, 0.3) is 0 Å². The maximum Gasteiger partial charge on any atom is 0.223 e. The summed E-state index contributed by atoms with van der Waals surface area (Å²) in [5.41, 5.74) is 11.9. The van der Waals surface area contributed by atoms with Crippen LogP contribution in [-0.4, -0.2) is 19.7 Å². The zero-order chi connectivity index (χ0) is 12.8. The lowest BCUT2D eigenvalue weighted by atomic mass is 10.2. The van der Waals surface area contributed by atoms with Gasteiger partial charge in [0, 0.05) is 5.56 Å². The van der Waals surface area contributed by atoms with Gasteiger partial charge in [-0.15, -0.1) is 0 Å². The minimum absolute atomic E-state index is 0.491. The van der Waals surface area contributed by atoms with E-state index in [1.54, 1.807) is 7.11 Å². The van der Waals surface area contributed by atoms with Gasteiger partial charge in [-0.3, -0.25) is 10.9 Å². The third-order valence-corrected chi connectivity index (χ3v) is 2.40. The summed E-state index contributed by atoms with van der Waals surface area (Å²) in [4.78, 5) is 4.35. The van der Waals surface area contributed by atoms with Gasteiger partial charge in [0.1, 0.15) is 0 Å². The zero-order valence-corrected chi connectivity index (χ0v) is 10.4. The molecule has 1 fully saturated rings. The van der Waals surface area contributed by atoms with Crippen molar-refractivity contribution in [1.29, 1.82) is 0 Å². The van der Waals surface area contributed by atoms with E-state index in [1.807, 2.05) is 25.1 Å². The topological polar surface area (TPSA) is 78.9 Å². The number of nitrogens with one attached hydrogen (secondary N) is 4.